The number of nitrogens with one attached hydrogen (secondary N) is 2. The molecule has 1 aromatic carbocycles. The first-order chi connectivity index (χ1) is 13.3. The molecule has 0 radical (unpaired) electrons. The summed E-state index contributed by atoms with van der Waals surface area (Å²) < 4.78 is 4.97. The second-order valence-electron chi connectivity index (χ2n) is 7.38. The molecule has 2 atom stereocenters. The van der Waals surface area contributed by atoms with Crippen molar-refractivity contribution in [2.75, 3.05) is 13.2 Å². The summed E-state index contributed by atoms with van der Waals surface area (Å²) in [5, 5.41) is 5.45. The van der Waals surface area contributed by atoms with E-state index in [2.05, 4.69) is 16.7 Å². The molecule has 1 fully saturated rings. The first-order valence-electron chi connectivity index (χ1n) is 9.51. The van der Waals surface area contributed by atoms with Crippen molar-refractivity contribution in [1.29, 1.82) is 0 Å². The number of carbonyl (C=O) groups excluding carboxylic acids is 4. The Hall–Kier alpha value is -2.90. The van der Waals surface area contributed by atoms with Crippen molar-refractivity contribution in [2.24, 2.45) is 0 Å². The van der Waals surface area contributed by atoms with Gasteiger partial charge in [0.15, 0.2) is 6.61 Å². The molecule has 1 aliphatic carbocycles. The highest BCUT2D eigenvalue weighted by atomic mass is 16.5. The number of rotatable bonds is 6. The minimum Gasteiger partial charge on any atom is -0.454 e. The lowest BCUT2D eigenvalue weighted by atomic mass is 9.88. The van der Waals surface area contributed by atoms with Gasteiger partial charge in [-0.05, 0) is 43.7 Å². The number of ether oxygens (including phenoxy) is 1. The maximum atomic E-state index is 12.3. The lowest BCUT2D eigenvalue weighted by molar-refractivity contribution is -0.151. The molecule has 1 aromatic rings. The zero-order chi connectivity index (χ0) is 20.3. The van der Waals surface area contributed by atoms with Crippen LogP contribution in [0.15, 0.2) is 24.3 Å². The van der Waals surface area contributed by atoms with Gasteiger partial charge in [-0.1, -0.05) is 31.2 Å². The van der Waals surface area contributed by atoms with Crippen molar-refractivity contribution in [2.45, 2.75) is 51.1 Å². The zero-order valence-corrected chi connectivity index (χ0v) is 16.1. The van der Waals surface area contributed by atoms with Crippen molar-refractivity contribution in [3.8, 4) is 0 Å². The summed E-state index contributed by atoms with van der Waals surface area (Å²) in [4.78, 5) is 49.2. The van der Waals surface area contributed by atoms with E-state index in [1.807, 2.05) is 18.2 Å². The lowest BCUT2D eigenvalue weighted by Crippen LogP contribution is -2.43. The van der Waals surface area contributed by atoms with Crippen LogP contribution in [0.5, 0.6) is 0 Å². The molecule has 28 heavy (non-hydrogen) atoms. The summed E-state index contributed by atoms with van der Waals surface area (Å²) in [6.07, 6.45) is 3.20. The van der Waals surface area contributed by atoms with Crippen molar-refractivity contribution >= 4 is 23.8 Å². The second-order valence-corrected chi connectivity index (χ2v) is 7.38. The van der Waals surface area contributed by atoms with Crippen molar-refractivity contribution in [1.82, 2.24) is 15.5 Å². The molecule has 0 unspecified atom stereocenters. The minimum atomic E-state index is -1.01. The van der Waals surface area contributed by atoms with Crippen molar-refractivity contribution in [3.05, 3.63) is 35.4 Å². The van der Waals surface area contributed by atoms with E-state index in [0.717, 1.165) is 29.7 Å². The number of benzene rings is 1. The van der Waals surface area contributed by atoms with Gasteiger partial charge in [0.05, 0.1) is 6.04 Å². The Bertz CT molecular complexity index is 809. The number of urea groups is 1. The highest BCUT2D eigenvalue weighted by Gasteiger charge is 2.47. The van der Waals surface area contributed by atoms with E-state index in [1.54, 1.807) is 13.8 Å². The van der Waals surface area contributed by atoms with Crippen molar-refractivity contribution < 1.29 is 23.9 Å². The standard InChI is InChI=1S/C20H25N3O5/c1-3-20(2)18(26)23(19(27)22-20)11-17(25)28-12-16(24)21-15-10-6-8-13-7-4-5-9-14(13)15/h4-5,7,9,15H,3,6,8,10-12H2,1-2H3,(H,21,24)(H,22,27)/t15-,20+/m0/s1. The summed E-state index contributed by atoms with van der Waals surface area (Å²) >= 11 is 0. The van der Waals surface area contributed by atoms with E-state index in [4.69, 9.17) is 4.74 Å². The maximum absolute atomic E-state index is 12.3. The van der Waals surface area contributed by atoms with Gasteiger partial charge in [-0.3, -0.25) is 19.3 Å². The van der Waals surface area contributed by atoms with Crippen LogP contribution in [0.1, 0.15) is 50.3 Å². The minimum absolute atomic E-state index is 0.104. The Morgan fingerprint density at radius 3 is 2.79 bits per heavy atom. The third kappa shape index (κ3) is 4.00. The molecule has 2 N–H and O–H groups in total. The van der Waals surface area contributed by atoms with Crippen LogP contribution in [0.3, 0.4) is 0 Å². The van der Waals surface area contributed by atoms with Gasteiger partial charge in [-0.2, -0.15) is 0 Å². The van der Waals surface area contributed by atoms with Gasteiger partial charge < -0.3 is 15.4 Å². The van der Waals surface area contributed by atoms with Gasteiger partial charge in [0, 0.05) is 0 Å². The van der Waals surface area contributed by atoms with Gasteiger partial charge >= 0.3 is 12.0 Å². The third-order valence-electron chi connectivity index (χ3n) is 5.41. The number of hydrogen-bond acceptors (Lipinski definition) is 5. The molecule has 8 heteroatoms. The number of nitrogens with zero attached hydrogens (tertiary/aromatic N) is 1. The number of esters is 1. The normalized spacial score (nSPS) is 23.8. The Morgan fingerprint density at radius 2 is 2.07 bits per heavy atom. The topological polar surface area (TPSA) is 105 Å². The molecule has 2 aliphatic rings. The first-order valence-corrected chi connectivity index (χ1v) is 9.51. The van der Waals surface area contributed by atoms with E-state index in [-0.39, 0.29) is 6.04 Å². The van der Waals surface area contributed by atoms with Crippen LogP contribution in [-0.4, -0.2) is 47.4 Å². The monoisotopic (exact) mass is 387 g/mol. The van der Waals surface area contributed by atoms with Crippen LogP contribution in [0.4, 0.5) is 4.79 Å². The maximum Gasteiger partial charge on any atom is 0.326 e. The van der Waals surface area contributed by atoms with Gasteiger partial charge in [-0.15, -0.1) is 0 Å². The summed E-state index contributed by atoms with van der Waals surface area (Å²) in [5.74, 6) is -1.69. The fourth-order valence-corrected chi connectivity index (χ4v) is 3.59. The Morgan fingerprint density at radius 1 is 1.32 bits per heavy atom. The predicted octanol–water partition coefficient (Wildman–Crippen LogP) is 1.44. The highest BCUT2D eigenvalue weighted by Crippen LogP contribution is 2.29. The van der Waals surface area contributed by atoms with Crippen LogP contribution in [0.25, 0.3) is 0 Å². The predicted molar refractivity (Wildman–Crippen MR) is 100 cm³/mol. The zero-order valence-electron chi connectivity index (χ0n) is 16.1. The quantitative estimate of drug-likeness (QED) is 0.568. The Labute approximate surface area is 163 Å². The smallest absolute Gasteiger partial charge is 0.326 e. The van der Waals surface area contributed by atoms with Gasteiger partial charge in [0.2, 0.25) is 0 Å². The van der Waals surface area contributed by atoms with E-state index < -0.39 is 42.5 Å². The highest BCUT2D eigenvalue weighted by molar-refractivity contribution is 6.08. The number of fused-ring (bicyclic) bond motifs is 1. The van der Waals surface area contributed by atoms with E-state index in [0.29, 0.717) is 6.42 Å². The molecule has 1 saturated heterocycles. The molecular weight excluding hydrogens is 362 g/mol. The number of imide groups is 1. The number of hydrogen-bond donors (Lipinski definition) is 2. The van der Waals surface area contributed by atoms with Crippen LogP contribution < -0.4 is 10.6 Å². The molecule has 0 bridgehead atoms. The number of carbonyl (C=O) groups is 4. The molecule has 0 saturated carbocycles. The summed E-state index contributed by atoms with van der Waals surface area (Å²) in [6.45, 7) is 2.41. The Balaban J connectivity index is 1.50. The molecular formula is C20H25N3O5. The number of amides is 4. The van der Waals surface area contributed by atoms with Gasteiger partial charge in [0.1, 0.15) is 12.1 Å². The van der Waals surface area contributed by atoms with E-state index in [1.165, 1.54) is 5.56 Å². The van der Waals surface area contributed by atoms with Crippen LogP contribution in [0.2, 0.25) is 0 Å². The summed E-state index contributed by atoms with van der Waals surface area (Å²) in [5.41, 5.74) is 1.29. The lowest BCUT2D eigenvalue weighted by Gasteiger charge is -2.26. The summed E-state index contributed by atoms with van der Waals surface area (Å²) in [7, 11) is 0. The molecule has 1 aliphatic heterocycles. The molecule has 3 rings (SSSR count). The molecule has 150 valence electrons. The molecule has 1 heterocycles. The molecule has 0 aromatic heterocycles. The molecule has 8 nitrogen and oxygen atoms in total. The Kier molecular flexibility index (Phi) is 5.67. The van der Waals surface area contributed by atoms with Crippen LogP contribution in [0, 0.1) is 0 Å². The van der Waals surface area contributed by atoms with E-state index >= 15 is 0 Å². The van der Waals surface area contributed by atoms with Crippen LogP contribution >= 0.6 is 0 Å². The molecule has 0 spiro atoms. The SMILES string of the molecule is CC[C@@]1(C)NC(=O)N(CC(=O)OCC(=O)N[C@H]2CCCc3ccccc32)C1=O. The molecule has 4 amide bonds. The summed E-state index contributed by atoms with van der Waals surface area (Å²) in [6, 6.07) is 7.22. The number of aryl methyl sites for hydroxylation is 1. The average molecular weight is 387 g/mol. The average Bonchev–Trinajstić information content (AvgIpc) is 2.90. The van der Waals surface area contributed by atoms with E-state index in [9.17, 15) is 19.2 Å². The fraction of sp³-hybridized carbons (Fsp3) is 0.500. The van der Waals surface area contributed by atoms with Gasteiger partial charge in [-0.25, -0.2) is 4.79 Å². The third-order valence-corrected chi connectivity index (χ3v) is 5.41. The second kappa shape index (κ2) is 8.00. The van der Waals surface area contributed by atoms with Crippen molar-refractivity contribution in [3.63, 3.8) is 0 Å². The fourth-order valence-electron chi connectivity index (χ4n) is 3.59. The van der Waals surface area contributed by atoms with Gasteiger partial charge in [0.25, 0.3) is 11.8 Å². The first kappa shape index (κ1) is 19.9. The largest absolute Gasteiger partial charge is 0.454 e. The van der Waals surface area contributed by atoms with Crippen LogP contribution in [-0.2, 0) is 25.5 Å².